The third-order valence-corrected chi connectivity index (χ3v) is 27.5. The summed E-state index contributed by atoms with van der Waals surface area (Å²) in [6, 6.07) is 176. The van der Waals surface area contributed by atoms with E-state index >= 15 is 0 Å². The zero-order valence-corrected chi connectivity index (χ0v) is 74.7. The van der Waals surface area contributed by atoms with Crippen molar-refractivity contribution in [2.75, 3.05) is 0 Å². The molecule has 0 saturated heterocycles. The van der Waals surface area contributed by atoms with Crippen molar-refractivity contribution in [3.63, 3.8) is 0 Å². The van der Waals surface area contributed by atoms with E-state index < -0.39 is 0 Å². The lowest BCUT2D eigenvalue weighted by atomic mass is 10.0. The molecule has 20 aromatic carbocycles. The third-order valence-electron chi connectivity index (χ3n) is 27.5. The van der Waals surface area contributed by atoms with E-state index in [1.54, 1.807) is 0 Å². The molecule has 0 aliphatic carbocycles. The molecule has 0 unspecified atom stereocenters. The van der Waals surface area contributed by atoms with Gasteiger partial charge >= 0.3 is 0 Å². The minimum Gasteiger partial charge on any atom is -0.309 e. The molecular formula is C127H81N11. The maximum atomic E-state index is 5.10. The Balaban J connectivity index is 0.000000139. The summed E-state index contributed by atoms with van der Waals surface area (Å²) < 4.78 is 14.4. The van der Waals surface area contributed by atoms with Crippen molar-refractivity contribution >= 4 is 131 Å². The van der Waals surface area contributed by atoms with Gasteiger partial charge in [0.25, 0.3) is 0 Å². The number of nitrogens with zero attached hydrogens (tertiary/aromatic N) is 11. The van der Waals surface area contributed by atoms with Gasteiger partial charge in [0, 0.05) is 132 Å². The van der Waals surface area contributed by atoms with E-state index in [4.69, 9.17) is 24.9 Å². The quantitative estimate of drug-likeness (QED) is 0.108. The maximum Gasteiger partial charge on any atom is 0.164 e. The van der Waals surface area contributed by atoms with Crippen LogP contribution in [0.25, 0.3) is 255 Å². The number of hydrogen-bond acceptors (Lipinski definition) is 5. The molecule has 28 rings (SSSR count). The first-order chi connectivity index (χ1) is 68.4. The average Bonchev–Trinajstić information content (AvgIpc) is 1.57. The van der Waals surface area contributed by atoms with Gasteiger partial charge in [0.1, 0.15) is 0 Å². The highest BCUT2D eigenvalue weighted by atomic mass is 15.1. The second kappa shape index (κ2) is 32.6. The molecule has 0 aliphatic heterocycles. The second-order valence-corrected chi connectivity index (χ2v) is 35.4. The van der Waals surface area contributed by atoms with Gasteiger partial charge in [0.15, 0.2) is 23.3 Å². The summed E-state index contributed by atoms with van der Waals surface area (Å²) in [6.07, 6.45) is 0. The summed E-state index contributed by atoms with van der Waals surface area (Å²) in [6.45, 7) is 0. The van der Waals surface area contributed by atoms with E-state index in [1.165, 1.54) is 131 Å². The molecule has 28 aromatic rings. The fourth-order valence-electron chi connectivity index (χ4n) is 21.2. The van der Waals surface area contributed by atoms with Crippen molar-refractivity contribution in [2.45, 2.75) is 0 Å². The Kier molecular flexibility index (Phi) is 18.7. The second-order valence-electron chi connectivity index (χ2n) is 35.4. The minimum absolute atomic E-state index is 0.632. The van der Waals surface area contributed by atoms with E-state index in [2.05, 4.69) is 446 Å². The van der Waals surface area contributed by atoms with Crippen LogP contribution in [0.2, 0.25) is 0 Å². The lowest BCUT2D eigenvalue weighted by Gasteiger charge is -2.11. The molecule has 0 saturated carbocycles. The van der Waals surface area contributed by atoms with E-state index in [9.17, 15) is 0 Å². The van der Waals surface area contributed by atoms with Crippen LogP contribution in [0.5, 0.6) is 0 Å². The molecule has 0 aliphatic rings. The fraction of sp³-hybridized carbons (Fsp3) is 0. The molecule has 0 N–H and O–H groups in total. The molecule has 11 heteroatoms. The Bertz CT molecular complexity index is 8890. The topological polar surface area (TPSA) is 94.0 Å². The van der Waals surface area contributed by atoms with Crippen LogP contribution in [-0.4, -0.2) is 52.3 Å². The van der Waals surface area contributed by atoms with Gasteiger partial charge in [-0.05, 0) is 222 Å². The standard InChI is InChI=1S/C64H41N5.C63H40N6/c1-4-16-42(17-5-1)56-41-57(43-18-6-2-7-19-43)66-64(65-56)44-28-32-48(33-29-44)68-60-27-15-12-24-52(60)53-38-45(30-35-61(53)68)46-31-36-62-54(39-46)55-40-49(34-37-63(55)67(62)47-20-8-3-9-21-47)69-58-25-13-10-22-50(58)51-23-11-14-26-59(51)69;1-4-16-41(17-5-1)61-64-62(42-18-6-2-7-19-42)66-63(65-61)43-28-32-47(33-29-43)68-57-27-15-12-24-51(57)52-38-44(30-35-58(52)68)45-31-36-59-53(39-45)54-40-48(34-37-60(54)67(59)46-20-8-3-9-21-46)69-55-25-13-10-22-49(55)50-23-11-14-26-56(50)69/h1-41H;1-40H. The molecule has 0 amide bonds. The van der Waals surface area contributed by atoms with Gasteiger partial charge in [-0.3, -0.25) is 0 Å². The monoisotopic (exact) mass is 1760 g/mol. The molecule has 0 fully saturated rings. The van der Waals surface area contributed by atoms with Crippen LogP contribution in [-0.2, 0) is 0 Å². The number of benzene rings is 20. The van der Waals surface area contributed by atoms with Crippen molar-refractivity contribution in [3.05, 3.63) is 491 Å². The molecule has 11 nitrogen and oxygen atoms in total. The van der Waals surface area contributed by atoms with E-state index in [0.29, 0.717) is 23.3 Å². The van der Waals surface area contributed by atoms with Crippen molar-refractivity contribution in [3.8, 4) is 124 Å². The van der Waals surface area contributed by atoms with Gasteiger partial charge in [0.05, 0.1) is 77.6 Å². The molecule has 0 radical (unpaired) electrons. The first-order valence-corrected chi connectivity index (χ1v) is 46.8. The lowest BCUT2D eigenvalue weighted by molar-refractivity contribution is 1.07. The highest BCUT2D eigenvalue weighted by Gasteiger charge is 2.25. The van der Waals surface area contributed by atoms with E-state index in [1.807, 2.05) is 72.8 Å². The molecule has 0 bridgehead atoms. The molecular weight excluding hydrogens is 1680 g/mol. The number of hydrogen-bond donors (Lipinski definition) is 0. The van der Waals surface area contributed by atoms with E-state index in [0.717, 1.165) is 101 Å². The van der Waals surface area contributed by atoms with Gasteiger partial charge in [-0.1, -0.05) is 291 Å². The van der Waals surface area contributed by atoms with Crippen LogP contribution < -0.4 is 0 Å². The number of rotatable bonds is 14. The molecule has 8 heterocycles. The van der Waals surface area contributed by atoms with E-state index in [-0.39, 0.29) is 0 Å². The van der Waals surface area contributed by atoms with Crippen LogP contribution in [0.4, 0.5) is 0 Å². The first-order valence-electron chi connectivity index (χ1n) is 46.8. The highest BCUT2D eigenvalue weighted by Crippen LogP contribution is 2.46. The Morgan fingerprint density at radius 1 is 0.109 bits per heavy atom. The Labute approximate surface area is 793 Å². The van der Waals surface area contributed by atoms with Crippen molar-refractivity contribution in [1.82, 2.24) is 52.3 Å². The average molecular weight is 1760 g/mol. The summed E-state index contributed by atoms with van der Waals surface area (Å²) >= 11 is 0. The molecule has 644 valence electrons. The summed E-state index contributed by atoms with van der Waals surface area (Å²) in [7, 11) is 0. The number of aromatic nitrogens is 11. The van der Waals surface area contributed by atoms with Crippen LogP contribution in [0.3, 0.4) is 0 Å². The minimum atomic E-state index is 0.632. The zero-order chi connectivity index (χ0) is 90.8. The van der Waals surface area contributed by atoms with Gasteiger partial charge in [-0.15, -0.1) is 0 Å². The van der Waals surface area contributed by atoms with Crippen LogP contribution >= 0.6 is 0 Å². The molecule has 0 atom stereocenters. The lowest BCUT2D eigenvalue weighted by Crippen LogP contribution is -2.00. The summed E-state index contributed by atoms with van der Waals surface area (Å²) in [5, 5.41) is 14.7. The van der Waals surface area contributed by atoms with Crippen LogP contribution in [0, 0.1) is 0 Å². The van der Waals surface area contributed by atoms with Crippen molar-refractivity contribution in [2.24, 2.45) is 0 Å². The Morgan fingerprint density at radius 3 is 0.580 bits per heavy atom. The van der Waals surface area contributed by atoms with Crippen molar-refractivity contribution < 1.29 is 0 Å². The summed E-state index contributed by atoms with van der Waals surface area (Å²) in [4.78, 5) is 25.1. The van der Waals surface area contributed by atoms with Gasteiger partial charge < -0.3 is 27.4 Å². The predicted octanol–water partition coefficient (Wildman–Crippen LogP) is 32.3. The van der Waals surface area contributed by atoms with Crippen LogP contribution in [0.15, 0.2) is 491 Å². The molecule has 0 spiro atoms. The largest absolute Gasteiger partial charge is 0.309 e. The maximum absolute atomic E-state index is 5.10. The number of para-hydroxylation sites is 8. The SMILES string of the molecule is c1ccc(-c2cc(-c3ccccc3)nc(-c3ccc(-n4c5ccccc5c5cc(-c6ccc7c(c6)c6cc(-n8c9ccccc9c9ccccc98)ccc6n7-c6ccccc6)ccc54)cc3)n2)cc1.c1ccc(-c2nc(-c3ccccc3)nc(-c3ccc(-n4c5ccccc5c5cc(-c6ccc7c(c6)c6cc(-n8c9ccccc9c9ccccc98)ccc6n7-c6ccccc6)ccc54)cc3)n2)cc1. The van der Waals surface area contributed by atoms with Crippen molar-refractivity contribution in [1.29, 1.82) is 0 Å². The number of fused-ring (bicyclic) bond motifs is 18. The summed E-state index contributed by atoms with van der Waals surface area (Å²) in [5.74, 6) is 2.62. The van der Waals surface area contributed by atoms with Gasteiger partial charge in [-0.25, -0.2) is 24.9 Å². The fourth-order valence-corrected chi connectivity index (χ4v) is 21.2. The summed E-state index contributed by atoms with van der Waals surface area (Å²) in [5.41, 5.74) is 33.2. The molecule has 8 aromatic heterocycles. The zero-order valence-electron chi connectivity index (χ0n) is 74.7. The van der Waals surface area contributed by atoms with Crippen LogP contribution in [0.1, 0.15) is 0 Å². The smallest absolute Gasteiger partial charge is 0.164 e. The Morgan fingerprint density at radius 2 is 0.290 bits per heavy atom. The highest BCUT2D eigenvalue weighted by molar-refractivity contribution is 6.18. The van der Waals surface area contributed by atoms with Gasteiger partial charge in [-0.2, -0.15) is 0 Å². The normalized spacial score (nSPS) is 11.8. The van der Waals surface area contributed by atoms with Gasteiger partial charge in [0.2, 0.25) is 0 Å². The first kappa shape index (κ1) is 79.1. The molecule has 138 heavy (non-hydrogen) atoms. The Hall–Kier alpha value is -18.7. The predicted molar refractivity (Wildman–Crippen MR) is 571 cm³/mol. The third kappa shape index (κ3) is 13.3.